The van der Waals surface area contributed by atoms with Crippen molar-refractivity contribution in [2.24, 2.45) is 0 Å². The molecule has 3 rings (SSSR count). The quantitative estimate of drug-likeness (QED) is 0.490. The summed E-state index contributed by atoms with van der Waals surface area (Å²) in [4.78, 5) is 15.9. The largest absolute Gasteiger partial charge is 0.465 e. The first kappa shape index (κ1) is 14.8. The minimum absolute atomic E-state index is 0.330. The van der Waals surface area contributed by atoms with Crippen molar-refractivity contribution in [2.75, 3.05) is 7.11 Å². The Kier molecular flexibility index (Phi) is 4.01. The molecule has 0 aliphatic rings. The monoisotopic (exact) mass is 331 g/mol. The highest BCUT2D eigenvalue weighted by Gasteiger charge is 2.13. The van der Waals surface area contributed by atoms with E-state index >= 15 is 0 Å². The first-order valence-electron chi connectivity index (χ1n) is 6.53. The van der Waals surface area contributed by atoms with Gasteiger partial charge in [0.25, 0.3) is 0 Å². The van der Waals surface area contributed by atoms with Crippen molar-refractivity contribution >= 4 is 39.9 Å². The number of fused-ring (bicyclic) bond motifs is 1. The van der Waals surface area contributed by atoms with Crippen LogP contribution in [0.15, 0.2) is 48.5 Å². The maximum absolute atomic E-state index is 11.9. The fourth-order valence-electron chi connectivity index (χ4n) is 2.37. The van der Waals surface area contributed by atoms with Gasteiger partial charge in [-0.15, -0.1) is 0 Å². The van der Waals surface area contributed by atoms with Gasteiger partial charge in [0, 0.05) is 5.39 Å². The fourth-order valence-corrected chi connectivity index (χ4v) is 2.88. The number of methoxy groups -OCH3 is 1. The van der Waals surface area contributed by atoms with E-state index in [1.807, 2.05) is 30.3 Å². The molecule has 0 bridgehead atoms. The number of hydrogen-bond donors (Lipinski definition) is 0. The molecule has 0 N–H and O–H groups in total. The van der Waals surface area contributed by atoms with E-state index in [1.54, 1.807) is 18.2 Å². The van der Waals surface area contributed by atoms with Gasteiger partial charge in [0.2, 0.25) is 0 Å². The predicted molar refractivity (Wildman–Crippen MR) is 88.5 cm³/mol. The zero-order valence-electron chi connectivity index (χ0n) is 11.6. The van der Waals surface area contributed by atoms with Gasteiger partial charge in [-0.05, 0) is 34.7 Å². The Hall–Kier alpha value is -2.10. The van der Waals surface area contributed by atoms with Crippen molar-refractivity contribution in [3.05, 3.63) is 64.4 Å². The lowest BCUT2D eigenvalue weighted by Gasteiger charge is -2.09. The van der Waals surface area contributed by atoms with Gasteiger partial charge in [-0.2, -0.15) is 0 Å². The molecule has 110 valence electrons. The molecule has 0 atom stereocenters. The Labute approximate surface area is 137 Å². The molecule has 0 saturated heterocycles. The minimum Gasteiger partial charge on any atom is -0.465 e. The van der Waals surface area contributed by atoms with Crippen molar-refractivity contribution in [1.29, 1.82) is 0 Å². The van der Waals surface area contributed by atoms with Crippen LogP contribution in [-0.2, 0) is 4.74 Å². The first-order chi connectivity index (χ1) is 10.6. The van der Waals surface area contributed by atoms with Crippen molar-refractivity contribution in [2.45, 2.75) is 0 Å². The van der Waals surface area contributed by atoms with Gasteiger partial charge < -0.3 is 4.74 Å². The summed E-state index contributed by atoms with van der Waals surface area (Å²) >= 11 is 12.1. The Balaban J connectivity index is 2.21. The second-order valence-corrected chi connectivity index (χ2v) is 5.45. The summed E-state index contributed by atoms with van der Waals surface area (Å²) in [6, 6.07) is 14.7. The second kappa shape index (κ2) is 5.95. The first-order valence-corrected chi connectivity index (χ1v) is 7.29. The van der Waals surface area contributed by atoms with Crippen LogP contribution < -0.4 is 0 Å². The molecule has 5 heteroatoms. The van der Waals surface area contributed by atoms with Crippen LogP contribution in [0, 0.1) is 0 Å². The number of pyridine rings is 1. The number of rotatable bonds is 2. The van der Waals surface area contributed by atoms with Crippen LogP contribution in [0.4, 0.5) is 0 Å². The van der Waals surface area contributed by atoms with Crippen LogP contribution in [0.5, 0.6) is 0 Å². The summed E-state index contributed by atoms with van der Waals surface area (Å²) in [5.74, 6) is -0.374. The Morgan fingerprint density at radius 1 is 1.09 bits per heavy atom. The van der Waals surface area contributed by atoms with Gasteiger partial charge in [-0.25, -0.2) is 9.78 Å². The molecule has 0 spiro atoms. The van der Waals surface area contributed by atoms with Crippen molar-refractivity contribution in [3.8, 4) is 11.1 Å². The molecule has 0 aliphatic carbocycles. The lowest BCUT2D eigenvalue weighted by atomic mass is 9.98. The molecular weight excluding hydrogens is 321 g/mol. The van der Waals surface area contributed by atoms with E-state index in [4.69, 9.17) is 27.9 Å². The maximum Gasteiger partial charge on any atom is 0.338 e. The van der Waals surface area contributed by atoms with Gasteiger partial charge in [0.1, 0.15) is 10.3 Å². The van der Waals surface area contributed by atoms with Gasteiger partial charge in [0.05, 0.1) is 12.7 Å². The van der Waals surface area contributed by atoms with E-state index in [0.29, 0.717) is 15.9 Å². The standard InChI is InChI=1S/C17H11Cl2NO2/c1-22-17(21)14-5-3-2-4-12(14)10-6-7-13-11(8-10)9-15(18)20-16(13)19/h2-9H,1H3. The highest BCUT2D eigenvalue weighted by atomic mass is 35.5. The molecule has 3 nitrogen and oxygen atoms in total. The molecule has 22 heavy (non-hydrogen) atoms. The SMILES string of the molecule is COC(=O)c1ccccc1-c1ccc2c(Cl)nc(Cl)cc2c1. The van der Waals surface area contributed by atoms with Crippen LogP contribution in [0.2, 0.25) is 10.3 Å². The molecule has 0 fully saturated rings. The number of hydrogen-bond acceptors (Lipinski definition) is 3. The lowest BCUT2D eigenvalue weighted by Crippen LogP contribution is -2.03. The normalized spacial score (nSPS) is 10.7. The van der Waals surface area contributed by atoms with E-state index in [1.165, 1.54) is 7.11 Å². The summed E-state index contributed by atoms with van der Waals surface area (Å²) in [7, 11) is 1.37. The summed E-state index contributed by atoms with van der Waals surface area (Å²) in [5.41, 5.74) is 2.18. The zero-order valence-corrected chi connectivity index (χ0v) is 13.2. The van der Waals surface area contributed by atoms with Gasteiger partial charge in [-0.3, -0.25) is 0 Å². The highest BCUT2D eigenvalue weighted by molar-refractivity contribution is 6.36. The number of carbonyl (C=O) groups is 1. The molecule has 0 amide bonds. The smallest absolute Gasteiger partial charge is 0.338 e. The molecule has 1 aromatic heterocycles. The van der Waals surface area contributed by atoms with Gasteiger partial charge >= 0.3 is 5.97 Å². The zero-order chi connectivity index (χ0) is 15.7. The number of carbonyl (C=O) groups excluding carboxylic acids is 1. The van der Waals surface area contributed by atoms with Crippen LogP contribution in [-0.4, -0.2) is 18.1 Å². The van der Waals surface area contributed by atoms with Crippen molar-refractivity contribution in [3.63, 3.8) is 0 Å². The summed E-state index contributed by atoms with van der Waals surface area (Å²) < 4.78 is 4.83. The lowest BCUT2D eigenvalue weighted by molar-refractivity contribution is 0.0601. The van der Waals surface area contributed by atoms with E-state index in [0.717, 1.165) is 21.9 Å². The Bertz CT molecular complexity index is 878. The van der Waals surface area contributed by atoms with E-state index in [-0.39, 0.29) is 5.97 Å². The minimum atomic E-state index is -0.374. The number of benzene rings is 2. The fraction of sp³-hybridized carbons (Fsp3) is 0.0588. The highest BCUT2D eigenvalue weighted by Crippen LogP contribution is 2.31. The summed E-state index contributed by atoms with van der Waals surface area (Å²) in [5, 5.41) is 2.36. The molecule has 0 radical (unpaired) electrons. The third kappa shape index (κ3) is 2.65. The number of ether oxygens (including phenoxy) is 1. The Morgan fingerprint density at radius 3 is 2.64 bits per heavy atom. The van der Waals surface area contributed by atoms with Crippen LogP contribution in [0.25, 0.3) is 21.9 Å². The van der Waals surface area contributed by atoms with Crippen LogP contribution >= 0.6 is 23.2 Å². The predicted octanol–water partition coefficient (Wildman–Crippen LogP) is 5.00. The van der Waals surface area contributed by atoms with Crippen molar-refractivity contribution < 1.29 is 9.53 Å². The molecule has 1 heterocycles. The molecule has 3 aromatic rings. The third-order valence-electron chi connectivity index (χ3n) is 3.40. The number of nitrogens with zero attached hydrogens (tertiary/aromatic N) is 1. The van der Waals surface area contributed by atoms with Crippen LogP contribution in [0.1, 0.15) is 10.4 Å². The number of esters is 1. The average molecular weight is 332 g/mol. The average Bonchev–Trinajstić information content (AvgIpc) is 2.53. The third-order valence-corrected chi connectivity index (χ3v) is 3.88. The maximum atomic E-state index is 11.9. The van der Waals surface area contributed by atoms with Crippen molar-refractivity contribution in [1.82, 2.24) is 4.98 Å². The summed E-state index contributed by atoms with van der Waals surface area (Å²) in [6.07, 6.45) is 0. The molecule has 0 saturated carbocycles. The Morgan fingerprint density at radius 2 is 1.86 bits per heavy atom. The molecule has 2 aromatic carbocycles. The van der Waals surface area contributed by atoms with Gasteiger partial charge in [0.15, 0.2) is 0 Å². The van der Waals surface area contributed by atoms with Crippen LogP contribution in [0.3, 0.4) is 0 Å². The van der Waals surface area contributed by atoms with E-state index < -0.39 is 0 Å². The molecule has 0 aliphatic heterocycles. The molecule has 0 unspecified atom stereocenters. The molecular formula is C17H11Cl2NO2. The topological polar surface area (TPSA) is 39.2 Å². The number of aromatic nitrogens is 1. The summed E-state index contributed by atoms with van der Waals surface area (Å²) in [6.45, 7) is 0. The number of halogens is 2. The van der Waals surface area contributed by atoms with E-state index in [2.05, 4.69) is 4.98 Å². The second-order valence-electron chi connectivity index (χ2n) is 4.71. The van der Waals surface area contributed by atoms with Gasteiger partial charge in [-0.1, -0.05) is 53.5 Å². The van der Waals surface area contributed by atoms with E-state index in [9.17, 15) is 4.79 Å².